The molecular weight excluding hydrogens is 326 g/mol. The number of fused-ring (bicyclic) bond motifs is 1. The summed E-state index contributed by atoms with van der Waals surface area (Å²) in [6.07, 6.45) is 0.798. The molecule has 2 aromatic carbocycles. The maximum absolute atomic E-state index is 10.9. The highest BCUT2D eigenvalue weighted by molar-refractivity contribution is 5.80. The van der Waals surface area contributed by atoms with Crippen LogP contribution in [0.1, 0.15) is 19.4 Å². The van der Waals surface area contributed by atoms with E-state index < -0.39 is 0 Å². The minimum atomic E-state index is -0.00671. The fourth-order valence-corrected chi connectivity index (χ4v) is 2.72. The maximum atomic E-state index is 10.9. The number of anilines is 1. The molecule has 0 aliphatic heterocycles. The van der Waals surface area contributed by atoms with Gasteiger partial charge in [0.1, 0.15) is 5.75 Å². The summed E-state index contributed by atoms with van der Waals surface area (Å²) < 4.78 is 5.85. The molecule has 0 radical (unpaired) electrons. The van der Waals surface area contributed by atoms with Gasteiger partial charge in [-0.3, -0.25) is 4.79 Å². The highest BCUT2D eigenvalue weighted by Gasteiger charge is 2.03. The van der Waals surface area contributed by atoms with Crippen molar-refractivity contribution in [3.63, 3.8) is 0 Å². The van der Waals surface area contributed by atoms with E-state index in [0.717, 1.165) is 35.3 Å². The van der Waals surface area contributed by atoms with Crippen molar-refractivity contribution in [3.8, 4) is 11.6 Å². The molecule has 0 bridgehead atoms. The van der Waals surface area contributed by atoms with E-state index in [2.05, 4.69) is 28.6 Å². The average Bonchev–Trinajstić information content (AvgIpc) is 2.63. The standard InChI is InChI=1S/C21H23N3O2/c1-3-22-18-6-8-19(9-7-18)26-21-11-5-17-14-16(4-10-20(17)24-21)12-13-23-15(2)25/h4-11,14,22H,3,12-13H2,1-2H3,(H,23,25). The number of nitrogens with zero attached hydrogens (tertiary/aromatic N) is 1. The summed E-state index contributed by atoms with van der Waals surface area (Å²) in [6, 6.07) is 17.8. The van der Waals surface area contributed by atoms with E-state index >= 15 is 0 Å². The van der Waals surface area contributed by atoms with Gasteiger partial charge < -0.3 is 15.4 Å². The molecule has 0 saturated heterocycles. The van der Waals surface area contributed by atoms with E-state index in [4.69, 9.17) is 4.74 Å². The Balaban J connectivity index is 1.69. The molecule has 0 atom stereocenters. The van der Waals surface area contributed by atoms with Crippen LogP contribution in [-0.2, 0) is 11.2 Å². The summed E-state index contributed by atoms with van der Waals surface area (Å²) in [7, 11) is 0. The molecule has 0 aliphatic rings. The molecule has 1 amide bonds. The van der Waals surface area contributed by atoms with Gasteiger partial charge in [0.05, 0.1) is 5.52 Å². The van der Waals surface area contributed by atoms with E-state index in [1.54, 1.807) is 0 Å². The normalized spacial score (nSPS) is 10.5. The predicted molar refractivity (Wildman–Crippen MR) is 105 cm³/mol. The van der Waals surface area contributed by atoms with Crippen LogP contribution in [0.5, 0.6) is 11.6 Å². The molecule has 134 valence electrons. The Labute approximate surface area is 153 Å². The number of hydrogen-bond donors (Lipinski definition) is 2. The van der Waals surface area contributed by atoms with E-state index in [9.17, 15) is 4.79 Å². The van der Waals surface area contributed by atoms with Crippen LogP contribution in [-0.4, -0.2) is 24.0 Å². The highest BCUT2D eigenvalue weighted by Crippen LogP contribution is 2.24. The summed E-state index contributed by atoms with van der Waals surface area (Å²) in [6.45, 7) is 5.12. The molecule has 0 spiro atoms. The van der Waals surface area contributed by atoms with Crippen LogP contribution in [0.25, 0.3) is 10.9 Å². The monoisotopic (exact) mass is 349 g/mol. The van der Waals surface area contributed by atoms with Crippen LogP contribution in [0.2, 0.25) is 0 Å². The van der Waals surface area contributed by atoms with E-state index in [1.165, 1.54) is 12.5 Å². The van der Waals surface area contributed by atoms with E-state index in [-0.39, 0.29) is 5.91 Å². The van der Waals surface area contributed by atoms with Crippen molar-refractivity contribution in [3.05, 3.63) is 60.2 Å². The minimum absolute atomic E-state index is 0.00671. The van der Waals surface area contributed by atoms with Gasteiger partial charge in [0.25, 0.3) is 0 Å². The number of carbonyl (C=O) groups is 1. The van der Waals surface area contributed by atoms with Crippen LogP contribution >= 0.6 is 0 Å². The second-order valence-corrected chi connectivity index (χ2v) is 6.07. The number of aromatic nitrogens is 1. The lowest BCUT2D eigenvalue weighted by Gasteiger charge is -2.08. The fraction of sp³-hybridized carbons (Fsp3) is 0.238. The molecule has 3 rings (SSSR count). The third-order valence-corrected chi connectivity index (χ3v) is 3.97. The quantitative estimate of drug-likeness (QED) is 0.673. The van der Waals surface area contributed by atoms with Crippen molar-refractivity contribution < 1.29 is 9.53 Å². The van der Waals surface area contributed by atoms with Crippen LogP contribution < -0.4 is 15.4 Å². The first-order valence-corrected chi connectivity index (χ1v) is 8.80. The van der Waals surface area contributed by atoms with Gasteiger partial charge in [0.15, 0.2) is 0 Å². The van der Waals surface area contributed by atoms with Gasteiger partial charge in [-0.15, -0.1) is 0 Å². The van der Waals surface area contributed by atoms with Gasteiger partial charge in [-0.25, -0.2) is 4.98 Å². The molecule has 1 aromatic heterocycles. The SMILES string of the molecule is CCNc1ccc(Oc2ccc3cc(CCNC(C)=O)ccc3n2)cc1. The number of nitrogens with one attached hydrogen (secondary N) is 2. The Morgan fingerprint density at radius 3 is 2.62 bits per heavy atom. The summed E-state index contributed by atoms with van der Waals surface area (Å²) >= 11 is 0. The zero-order valence-electron chi connectivity index (χ0n) is 15.1. The minimum Gasteiger partial charge on any atom is -0.439 e. The molecule has 0 unspecified atom stereocenters. The number of hydrogen-bond acceptors (Lipinski definition) is 4. The van der Waals surface area contributed by atoms with Gasteiger partial charge in [-0.2, -0.15) is 0 Å². The van der Waals surface area contributed by atoms with Crippen molar-refractivity contribution in [2.45, 2.75) is 20.3 Å². The summed E-state index contributed by atoms with van der Waals surface area (Å²) in [4.78, 5) is 15.5. The molecule has 0 aliphatic carbocycles. The number of carbonyl (C=O) groups excluding carboxylic acids is 1. The largest absolute Gasteiger partial charge is 0.439 e. The van der Waals surface area contributed by atoms with Crippen molar-refractivity contribution in [2.75, 3.05) is 18.4 Å². The Kier molecular flexibility index (Phi) is 5.69. The number of amides is 1. The summed E-state index contributed by atoms with van der Waals surface area (Å²) in [5.74, 6) is 1.32. The van der Waals surface area contributed by atoms with Crippen molar-refractivity contribution in [2.24, 2.45) is 0 Å². The molecular formula is C21H23N3O2. The molecule has 1 heterocycles. The first kappa shape index (κ1) is 17.7. The van der Waals surface area contributed by atoms with Crippen molar-refractivity contribution in [1.29, 1.82) is 0 Å². The molecule has 2 N–H and O–H groups in total. The van der Waals surface area contributed by atoms with Gasteiger partial charge in [0, 0.05) is 37.2 Å². The van der Waals surface area contributed by atoms with Gasteiger partial charge in [-0.05, 0) is 61.4 Å². The summed E-state index contributed by atoms with van der Waals surface area (Å²) in [5, 5.41) is 7.12. The van der Waals surface area contributed by atoms with Crippen LogP contribution in [0.4, 0.5) is 5.69 Å². The van der Waals surface area contributed by atoms with Crippen LogP contribution in [0.3, 0.4) is 0 Å². The number of benzene rings is 2. The lowest BCUT2D eigenvalue weighted by molar-refractivity contribution is -0.118. The number of pyridine rings is 1. The molecule has 0 saturated carbocycles. The lowest BCUT2D eigenvalue weighted by atomic mass is 10.1. The fourth-order valence-electron chi connectivity index (χ4n) is 2.72. The highest BCUT2D eigenvalue weighted by atomic mass is 16.5. The average molecular weight is 349 g/mol. The summed E-state index contributed by atoms with van der Waals surface area (Å²) in [5.41, 5.74) is 3.12. The lowest BCUT2D eigenvalue weighted by Crippen LogP contribution is -2.22. The predicted octanol–water partition coefficient (Wildman–Crippen LogP) is 4.14. The van der Waals surface area contributed by atoms with E-state index in [0.29, 0.717) is 12.4 Å². The molecule has 0 fully saturated rings. The van der Waals surface area contributed by atoms with Crippen molar-refractivity contribution >= 4 is 22.5 Å². The molecule has 3 aromatic rings. The second kappa shape index (κ2) is 8.34. The molecule has 5 heteroatoms. The third-order valence-electron chi connectivity index (χ3n) is 3.97. The van der Waals surface area contributed by atoms with Crippen molar-refractivity contribution in [1.82, 2.24) is 10.3 Å². The Bertz CT molecular complexity index is 891. The van der Waals surface area contributed by atoms with Gasteiger partial charge in [0.2, 0.25) is 11.8 Å². The Morgan fingerprint density at radius 1 is 1.08 bits per heavy atom. The smallest absolute Gasteiger partial charge is 0.219 e. The first-order chi connectivity index (χ1) is 12.6. The van der Waals surface area contributed by atoms with Crippen LogP contribution in [0.15, 0.2) is 54.6 Å². The zero-order valence-corrected chi connectivity index (χ0v) is 15.1. The van der Waals surface area contributed by atoms with Gasteiger partial charge >= 0.3 is 0 Å². The Morgan fingerprint density at radius 2 is 1.88 bits per heavy atom. The second-order valence-electron chi connectivity index (χ2n) is 6.07. The van der Waals surface area contributed by atoms with E-state index in [1.807, 2.05) is 48.5 Å². The molecule has 5 nitrogen and oxygen atoms in total. The Hall–Kier alpha value is -3.08. The maximum Gasteiger partial charge on any atom is 0.219 e. The molecule has 26 heavy (non-hydrogen) atoms. The third kappa shape index (κ3) is 4.72. The number of rotatable bonds is 7. The number of ether oxygens (including phenoxy) is 1. The topological polar surface area (TPSA) is 63.2 Å². The van der Waals surface area contributed by atoms with Gasteiger partial charge in [-0.1, -0.05) is 6.07 Å². The van der Waals surface area contributed by atoms with Crippen LogP contribution in [0, 0.1) is 0 Å². The zero-order chi connectivity index (χ0) is 18.4. The first-order valence-electron chi connectivity index (χ1n) is 8.80.